The SMILES string of the molecule is OC1CCC2=C3CCC4CCCC4C3CC(O)C2(O)C1. The minimum atomic E-state index is -1.13. The van der Waals surface area contributed by atoms with Crippen molar-refractivity contribution in [1.29, 1.82) is 0 Å². The van der Waals surface area contributed by atoms with E-state index >= 15 is 0 Å². The van der Waals surface area contributed by atoms with E-state index < -0.39 is 17.8 Å². The molecule has 0 aromatic carbocycles. The fraction of sp³-hybridized carbons (Fsp3) is 0.882. The quantitative estimate of drug-likeness (QED) is 0.595. The highest BCUT2D eigenvalue weighted by Crippen LogP contribution is 2.56. The van der Waals surface area contributed by atoms with E-state index in [1.54, 1.807) is 0 Å². The van der Waals surface area contributed by atoms with Crippen LogP contribution in [0.5, 0.6) is 0 Å². The van der Waals surface area contributed by atoms with Crippen molar-refractivity contribution in [2.75, 3.05) is 0 Å². The van der Waals surface area contributed by atoms with Crippen LogP contribution in [-0.2, 0) is 0 Å². The summed E-state index contributed by atoms with van der Waals surface area (Å²) in [5, 5.41) is 31.4. The first kappa shape index (κ1) is 13.3. The fourth-order valence-electron chi connectivity index (χ4n) is 5.75. The molecular formula is C17H26O3. The molecule has 4 aliphatic carbocycles. The fourth-order valence-corrected chi connectivity index (χ4v) is 5.75. The van der Waals surface area contributed by atoms with Gasteiger partial charge in [-0.2, -0.15) is 0 Å². The number of hydrogen-bond donors (Lipinski definition) is 3. The summed E-state index contributed by atoms with van der Waals surface area (Å²) in [5.41, 5.74) is 1.44. The van der Waals surface area contributed by atoms with Crippen LogP contribution in [0.25, 0.3) is 0 Å². The molecule has 0 spiro atoms. The molecule has 3 N–H and O–H groups in total. The lowest BCUT2D eigenvalue weighted by Gasteiger charge is -2.51. The molecule has 3 saturated carbocycles. The monoisotopic (exact) mass is 278 g/mol. The van der Waals surface area contributed by atoms with Crippen LogP contribution >= 0.6 is 0 Å². The Morgan fingerprint density at radius 2 is 1.85 bits per heavy atom. The van der Waals surface area contributed by atoms with Gasteiger partial charge in [0.2, 0.25) is 0 Å². The first-order valence-corrected chi connectivity index (χ1v) is 8.40. The van der Waals surface area contributed by atoms with Crippen molar-refractivity contribution in [3.05, 3.63) is 11.1 Å². The Labute approximate surface area is 120 Å². The predicted molar refractivity (Wildman–Crippen MR) is 76.0 cm³/mol. The van der Waals surface area contributed by atoms with E-state index in [4.69, 9.17) is 0 Å². The number of fused-ring (bicyclic) bond motifs is 4. The van der Waals surface area contributed by atoms with Crippen LogP contribution < -0.4 is 0 Å². The summed E-state index contributed by atoms with van der Waals surface area (Å²) in [4.78, 5) is 0. The Morgan fingerprint density at radius 3 is 2.70 bits per heavy atom. The molecule has 0 radical (unpaired) electrons. The van der Waals surface area contributed by atoms with Gasteiger partial charge >= 0.3 is 0 Å². The molecule has 0 amide bonds. The van der Waals surface area contributed by atoms with E-state index in [1.165, 1.54) is 31.3 Å². The van der Waals surface area contributed by atoms with Crippen molar-refractivity contribution in [2.24, 2.45) is 17.8 Å². The number of aliphatic hydroxyl groups is 3. The second-order valence-corrected chi connectivity index (χ2v) is 7.58. The van der Waals surface area contributed by atoms with E-state index in [1.807, 2.05) is 0 Å². The Kier molecular flexibility index (Phi) is 3.03. The largest absolute Gasteiger partial charge is 0.393 e. The highest BCUT2D eigenvalue weighted by Gasteiger charge is 2.53. The van der Waals surface area contributed by atoms with Crippen molar-refractivity contribution >= 4 is 0 Å². The second-order valence-electron chi connectivity index (χ2n) is 7.58. The van der Waals surface area contributed by atoms with Crippen LogP contribution in [0.1, 0.15) is 57.8 Å². The summed E-state index contributed by atoms with van der Waals surface area (Å²) in [6.07, 6.45) is 7.82. The average Bonchev–Trinajstić information content (AvgIpc) is 2.88. The molecular weight excluding hydrogens is 252 g/mol. The van der Waals surface area contributed by atoms with Crippen molar-refractivity contribution in [2.45, 2.75) is 75.6 Å². The van der Waals surface area contributed by atoms with Gasteiger partial charge in [0, 0.05) is 6.42 Å². The van der Waals surface area contributed by atoms with Gasteiger partial charge in [0.25, 0.3) is 0 Å². The molecule has 6 unspecified atom stereocenters. The van der Waals surface area contributed by atoms with Gasteiger partial charge in [0.15, 0.2) is 0 Å². The summed E-state index contributed by atoms with van der Waals surface area (Å²) in [7, 11) is 0. The van der Waals surface area contributed by atoms with Crippen LogP contribution in [-0.4, -0.2) is 33.1 Å². The molecule has 6 atom stereocenters. The van der Waals surface area contributed by atoms with Crippen molar-refractivity contribution in [3.8, 4) is 0 Å². The third-order valence-corrected chi connectivity index (χ3v) is 6.68. The average molecular weight is 278 g/mol. The Balaban J connectivity index is 1.74. The molecule has 0 heterocycles. The van der Waals surface area contributed by atoms with Gasteiger partial charge in [-0.05, 0) is 61.9 Å². The minimum Gasteiger partial charge on any atom is -0.393 e. The van der Waals surface area contributed by atoms with E-state index in [2.05, 4.69) is 0 Å². The van der Waals surface area contributed by atoms with Gasteiger partial charge < -0.3 is 15.3 Å². The normalized spacial score (nSPS) is 51.5. The first-order chi connectivity index (χ1) is 9.59. The van der Waals surface area contributed by atoms with Gasteiger partial charge in [-0.25, -0.2) is 0 Å². The van der Waals surface area contributed by atoms with Gasteiger partial charge in [0.1, 0.15) is 5.60 Å². The summed E-state index contributed by atoms with van der Waals surface area (Å²) >= 11 is 0. The molecule has 4 aliphatic rings. The summed E-state index contributed by atoms with van der Waals surface area (Å²) in [6.45, 7) is 0. The Morgan fingerprint density at radius 1 is 1.00 bits per heavy atom. The highest BCUT2D eigenvalue weighted by molar-refractivity contribution is 5.35. The first-order valence-electron chi connectivity index (χ1n) is 8.40. The molecule has 0 aromatic rings. The van der Waals surface area contributed by atoms with Gasteiger partial charge in [-0.3, -0.25) is 0 Å². The molecule has 0 aromatic heterocycles. The second kappa shape index (κ2) is 4.56. The number of aliphatic hydroxyl groups excluding tert-OH is 2. The zero-order valence-corrected chi connectivity index (χ0v) is 12.1. The van der Waals surface area contributed by atoms with Crippen LogP contribution in [0.4, 0.5) is 0 Å². The third-order valence-electron chi connectivity index (χ3n) is 6.68. The molecule has 4 rings (SSSR count). The smallest absolute Gasteiger partial charge is 0.114 e. The lowest BCUT2D eigenvalue weighted by Crippen LogP contribution is -2.54. The molecule has 20 heavy (non-hydrogen) atoms. The molecule has 112 valence electrons. The molecule has 3 nitrogen and oxygen atoms in total. The summed E-state index contributed by atoms with van der Waals surface area (Å²) < 4.78 is 0. The number of allylic oxidation sites excluding steroid dienone is 1. The lowest BCUT2D eigenvalue weighted by molar-refractivity contribution is -0.109. The van der Waals surface area contributed by atoms with Gasteiger partial charge in [0.05, 0.1) is 12.2 Å². The number of hydrogen-bond acceptors (Lipinski definition) is 3. The van der Waals surface area contributed by atoms with Crippen molar-refractivity contribution < 1.29 is 15.3 Å². The van der Waals surface area contributed by atoms with E-state index in [9.17, 15) is 15.3 Å². The third kappa shape index (κ3) is 1.76. The lowest BCUT2D eigenvalue weighted by atomic mass is 9.58. The highest BCUT2D eigenvalue weighted by atomic mass is 16.3. The van der Waals surface area contributed by atoms with E-state index in [-0.39, 0.29) is 0 Å². The number of rotatable bonds is 0. The summed E-state index contributed by atoms with van der Waals surface area (Å²) in [5.74, 6) is 2.12. The summed E-state index contributed by atoms with van der Waals surface area (Å²) in [6, 6.07) is 0. The Hall–Kier alpha value is -0.380. The maximum absolute atomic E-state index is 10.9. The van der Waals surface area contributed by atoms with E-state index in [0.717, 1.165) is 36.7 Å². The standard InChI is InChI=1S/C17H26O3/c18-11-5-7-15-13-6-4-10-2-1-3-12(10)14(13)8-16(19)17(15,20)9-11/h10-12,14,16,18-20H,1-9H2. The zero-order valence-electron chi connectivity index (χ0n) is 12.1. The van der Waals surface area contributed by atoms with Gasteiger partial charge in [-0.1, -0.05) is 18.4 Å². The minimum absolute atomic E-state index is 0.327. The van der Waals surface area contributed by atoms with Crippen molar-refractivity contribution in [3.63, 3.8) is 0 Å². The van der Waals surface area contributed by atoms with Gasteiger partial charge in [-0.15, -0.1) is 0 Å². The maximum Gasteiger partial charge on any atom is 0.114 e. The van der Waals surface area contributed by atoms with Crippen molar-refractivity contribution in [1.82, 2.24) is 0 Å². The van der Waals surface area contributed by atoms with Crippen LogP contribution in [0, 0.1) is 17.8 Å². The Bertz CT molecular complexity index is 444. The molecule has 0 saturated heterocycles. The topological polar surface area (TPSA) is 60.7 Å². The van der Waals surface area contributed by atoms with Crippen LogP contribution in [0.2, 0.25) is 0 Å². The zero-order chi connectivity index (χ0) is 13.9. The maximum atomic E-state index is 10.9. The van der Waals surface area contributed by atoms with Crippen LogP contribution in [0.15, 0.2) is 11.1 Å². The molecule has 3 heteroatoms. The molecule has 0 aliphatic heterocycles. The molecule has 0 bridgehead atoms. The predicted octanol–water partition coefficient (Wildman–Crippen LogP) is 2.15. The van der Waals surface area contributed by atoms with E-state index in [0.29, 0.717) is 18.8 Å². The van der Waals surface area contributed by atoms with Crippen LogP contribution in [0.3, 0.4) is 0 Å². The molecule has 3 fully saturated rings.